The maximum absolute atomic E-state index is 12.6. The molecule has 8 heteroatoms. The van der Waals surface area contributed by atoms with E-state index in [1.54, 1.807) is 34.0 Å². The molecule has 0 fully saturated rings. The average molecular weight is 373 g/mol. The van der Waals surface area contributed by atoms with Crippen LogP contribution in [-0.4, -0.2) is 38.6 Å². The second-order valence-electron chi connectivity index (χ2n) is 7.27. The van der Waals surface area contributed by atoms with Crippen molar-refractivity contribution in [1.82, 2.24) is 25.6 Å². The Morgan fingerprint density at radius 1 is 1.22 bits per heavy atom. The predicted octanol–water partition coefficient (Wildman–Crippen LogP) is 1.96. The number of carbonyl (C=O) groups is 2. The van der Waals surface area contributed by atoms with Crippen LogP contribution in [0.2, 0.25) is 0 Å². The molecule has 0 aliphatic carbocycles. The molecule has 27 heavy (non-hydrogen) atoms. The van der Waals surface area contributed by atoms with Crippen molar-refractivity contribution in [2.45, 2.75) is 51.8 Å². The minimum absolute atomic E-state index is 0.241. The van der Waals surface area contributed by atoms with Gasteiger partial charge in [-0.25, -0.2) is 4.79 Å². The third-order valence-corrected chi connectivity index (χ3v) is 3.66. The summed E-state index contributed by atoms with van der Waals surface area (Å²) in [6.07, 6.45) is 2.07. The summed E-state index contributed by atoms with van der Waals surface area (Å²) in [4.78, 5) is 26.2. The van der Waals surface area contributed by atoms with Crippen molar-refractivity contribution in [2.24, 2.45) is 7.05 Å². The van der Waals surface area contributed by atoms with Crippen molar-refractivity contribution in [3.63, 3.8) is 0 Å². The fraction of sp³-hybridized carbons (Fsp3) is 0.474. The molecule has 1 aromatic carbocycles. The van der Waals surface area contributed by atoms with E-state index in [1.165, 1.54) is 4.80 Å². The van der Waals surface area contributed by atoms with E-state index in [9.17, 15) is 9.59 Å². The molecule has 146 valence electrons. The van der Waals surface area contributed by atoms with Gasteiger partial charge < -0.3 is 15.4 Å². The smallest absolute Gasteiger partial charge is 0.408 e. The maximum Gasteiger partial charge on any atom is 0.408 e. The zero-order valence-corrected chi connectivity index (χ0v) is 16.2. The van der Waals surface area contributed by atoms with E-state index in [4.69, 9.17) is 4.74 Å². The average Bonchev–Trinajstić information content (AvgIpc) is 3.01. The highest BCUT2D eigenvalue weighted by Crippen LogP contribution is 2.09. The molecule has 0 unspecified atom stereocenters. The van der Waals surface area contributed by atoms with Gasteiger partial charge in [0.2, 0.25) is 5.91 Å². The molecule has 0 spiro atoms. The first kappa shape index (κ1) is 20.4. The first-order chi connectivity index (χ1) is 12.7. The molecule has 0 bridgehead atoms. The molecule has 0 aliphatic heterocycles. The van der Waals surface area contributed by atoms with E-state index in [0.717, 1.165) is 5.56 Å². The van der Waals surface area contributed by atoms with Crippen molar-refractivity contribution < 1.29 is 14.3 Å². The van der Waals surface area contributed by atoms with E-state index in [-0.39, 0.29) is 12.5 Å². The summed E-state index contributed by atoms with van der Waals surface area (Å²) in [6, 6.07) is 9.09. The van der Waals surface area contributed by atoms with Crippen molar-refractivity contribution in [2.75, 3.05) is 0 Å². The van der Waals surface area contributed by atoms with Gasteiger partial charge in [0.05, 0.1) is 12.7 Å². The summed E-state index contributed by atoms with van der Waals surface area (Å²) >= 11 is 0. The van der Waals surface area contributed by atoms with Gasteiger partial charge in [-0.15, -0.1) is 0 Å². The van der Waals surface area contributed by atoms with E-state index in [0.29, 0.717) is 18.5 Å². The van der Waals surface area contributed by atoms with Gasteiger partial charge in [0, 0.05) is 7.05 Å². The highest BCUT2D eigenvalue weighted by molar-refractivity contribution is 5.85. The topological polar surface area (TPSA) is 98.1 Å². The molecular formula is C19H27N5O3. The maximum atomic E-state index is 12.6. The first-order valence-electron chi connectivity index (χ1n) is 8.89. The van der Waals surface area contributed by atoms with Crippen LogP contribution in [0.4, 0.5) is 4.79 Å². The number of hydrogen-bond acceptors (Lipinski definition) is 5. The normalized spacial score (nSPS) is 12.3. The number of aryl methyl sites for hydroxylation is 2. The Hall–Kier alpha value is -2.90. The SMILES string of the molecule is Cn1ncc(CNC(=O)[C@H](CCc2ccccc2)NC(=O)OC(C)(C)C)n1. The number of amides is 2. The molecule has 1 atom stereocenters. The lowest BCUT2D eigenvalue weighted by Crippen LogP contribution is -2.48. The lowest BCUT2D eigenvalue weighted by atomic mass is 10.0. The molecule has 0 saturated heterocycles. The summed E-state index contributed by atoms with van der Waals surface area (Å²) in [5, 5.41) is 13.6. The Balaban J connectivity index is 1.98. The fourth-order valence-electron chi connectivity index (χ4n) is 2.44. The van der Waals surface area contributed by atoms with Crippen LogP contribution in [-0.2, 0) is 29.5 Å². The Morgan fingerprint density at radius 3 is 2.52 bits per heavy atom. The molecule has 0 aliphatic rings. The molecule has 1 heterocycles. The highest BCUT2D eigenvalue weighted by Gasteiger charge is 2.24. The molecule has 2 rings (SSSR count). The lowest BCUT2D eigenvalue weighted by molar-refractivity contribution is -0.123. The van der Waals surface area contributed by atoms with E-state index in [1.807, 2.05) is 30.3 Å². The number of benzene rings is 1. The van der Waals surface area contributed by atoms with Crippen LogP contribution in [0, 0.1) is 0 Å². The van der Waals surface area contributed by atoms with Crippen LogP contribution in [0.3, 0.4) is 0 Å². The number of rotatable bonds is 7. The van der Waals surface area contributed by atoms with Crippen LogP contribution in [0.5, 0.6) is 0 Å². The van der Waals surface area contributed by atoms with Crippen molar-refractivity contribution in [3.05, 3.63) is 47.8 Å². The molecule has 2 amide bonds. The highest BCUT2D eigenvalue weighted by atomic mass is 16.6. The summed E-state index contributed by atoms with van der Waals surface area (Å²) in [5.74, 6) is -0.289. The standard InChI is InChI=1S/C19H27N5O3/c1-19(2,3)27-18(26)22-16(11-10-14-8-6-5-7-9-14)17(25)20-12-15-13-21-24(4)23-15/h5-9,13,16H,10-12H2,1-4H3,(H,20,25)(H,22,26)/t16-/m0/s1. The minimum Gasteiger partial charge on any atom is -0.444 e. The number of carbonyl (C=O) groups excluding carboxylic acids is 2. The summed E-state index contributed by atoms with van der Waals surface area (Å²) in [7, 11) is 1.71. The zero-order valence-electron chi connectivity index (χ0n) is 16.2. The lowest BCUT2D eigenvalue weighted by Gasteiger charge is -2.23. The zero-order chi connectivity index (χ0) is 19.9. The minimum atomic E-state index is -0.711. The number of hydrogen-bond donors (Lipinski definition) is 2. The molecule has 2 N–H and O–H groups in total. The molecule has 1 aromatic heterocycles. The number of alkyl carbamates (subject to hydrolysis) is 1. The Kier molecular flexibility index (Phi) is 6.92. The number of nitrogens with zero attached hydrogens (tertiary/aromatic N) is 3. The monoisotopic (exact) mass is 373 g/mol. The van der Waals surface area contributed by atoms with Gasteiger partial charge in [-0.2, -0.15) is 15.0 Å². The largest absolute Gasteiger partial charge is 0.444 e. The Labute approximate surface area is 159 Å². The van der Waals surface area contributed by atoms with Gasteiger partial charge in [-0.1, -0.05) is 30.3 Å². The van der Waals surface area contributed by atoms with Crippen molar-refractivity contribution >= 4 is 12.0 Å². The van der Waals surface area contributed by atoms with Gasteiger partial charge in [-0.05, 0) is 39.2 Å². The van der Waals surface area contributed by atoms with Crippen LogP contribution >= 0.6 is 0 Å². The molecular weight excluding hydrogens is 346 g/mol. The molecule has 8 nitrogen and oxygen atoms in total. The van der Waals surface area contributed by atoms with Gasteiger partial charge in [-0.3, -0.25) is 4.79 Å². The Morgan fingerprint density at radius 2 is 1.93 bits per heavy atom. The van der Waals surface area contributed by atoms with Crippen LogP contribution in [0.15, 0.2) is 36.5 Å². The first-order valence-corrected chi connectivity index (χ1v) is 8.89. The second kappa shape index (κ2) is 9.16. The van der Waals surface area contributed by atoms with Crippen molar-refractivity contribution in [1.29, 1.82) is 0 Å². The number of aromatic nitrogens is 3. The quantitative estimate of drug-likeness (QED) is 0.773. The third-order valence-electron chi connectivity index (χ3n) is 3.66. The van der Waals surface area contributed by atoms with Gasteiger partial charge in [0.1, 0.15) is 17.3 Å². The summed E-state index contributed by atoms with van der Waals surface area (Å²) in [5.41, 5.74) is 1.10. The molecule has 2 aromatic rings. The summed E-state index contributed by atoms with van der Waals surface area (Å²) < 4.78 is 5.28. The van der Waals surface area contributed by atoms with Gasteiger partial charge in [0.15, 0.2) is 0 Å². The summed E-state index contributed by atoms with van der Waals surface area (Å²) in [6.45, 7) is 5.57. The van der Waals surface area contributed by atoms with Crippen LogP contribution in [0.25, 0.3) is 0 Å². The van der Waals surface area contributed by atoms with Gasteiger partial charge in [0.25, 0.3) is 0 Å². The molecule has 0 radical (unpaired) electrons. The van der Waals surface area contributed by atoms with Crippen molar-refractivity contribution in [3.8, 4) is 0 Å². The van der Waals surface area contributed by atoms with E-state index < -0.39 is 17.7 Å². The number of ether oxygens (including phenoxy) is 1. The van der Waals surface area contributed by atoms with Crippen LogP contribution in [0.1, 0.15) is 38.4 Å². The Bertz CT molecular complexity index is 752. The fourth-order valence-corrected chi connectivity index (χ4v) is 2.44. The third kappa shape index (κ3) is 7.47. The van der Waals surface area contributed by atoms with Gasteiger partial charge >= 0.3 is 6.09 Å². The van der Waals surface area contributed by atoms with E-state index >= 15 is 0 Å². The van der Waals surface area contributed by atoms with Crippen LogP contribution < -0.4 is 10.6 Å². The van der Waals surface area contributed by atoms with E-state index in [2.05, 4.69) is 20.8 Å². The number of nitrogens with one attached hydrogen (secondary N) is 2. The predicted molar refractivity (Wildman–Crippen MR) is 101 cm³/mol. The second-order valence-corrected chi connectivity index (χ2v) is 7.27. The molecule has 0 saturated carbocycles.